The van der Waals surface area contributed by atoms with Crippen LogP contribution in [0.4, 0.5) is 23.3 Å². The molecular weight excluding hydrogens is 448 g/mol. The first kappa shape index (κ1) is 23.1. The van der Waals surface area contributed by atoms with Crippen LogP contribution in [-0.4, -0.2) is 24.6 Å². The molecule has 0 unspecified atom stereocenters. The number of nitrogens with one attached hydrogen (secondary N) is 2. The molecule has 0 aliphatic rings. The highest BCUT2D eigenvalue weighted by Crippen LogP contribution is 2.31. The van der Waals surface area contributed by atoms with Gasteiger partial charge in [-0.1, -0.05) is 54.6 Å². The van der Waals surface area contributed by atoms with E-state index in [0.717, 1.165) is 22.4 Å². The van der Waals surface area contributed by atoms with E-state index in [0.29, 0.717) is 41.1 Å². The predicted octanol–water partition coefficient (Wildman–Crippen LogP) is 3.94. The van der Waals surface area contributed by atoms with Crippen LogP contribution in [-0.2, 0) is 22.9 Å². The molecule has 6 N–H and O–H groups in total. The molecule has 3 aromatic carbocycles. The Morgan fingerprint density at radius 1 is 0.735 bits per heavy atom. The van der Waals surface area contributed by atoms with Gasteiger partial charge in [0.1, 0.15) is 11.6 Å². The highest BCUT2D eigenvalue weighted by molar-refractivity contribution is 7.90. The number of benzene rings is 3. The molecule has 1 aromatic heterocycles. The van der Waals surface area contributed by atoms with Crippen LogP contribution in [0.5, 0.6) is 0 Å². The summed E-state index contributed by atoms with van der Waals surface area (Å²) in [6.07, 6.45) is 1.20. The van der Waals surface area contributed by atoms with E-state index in [1.807, 2.05) is 54.6 Å². The van der Waals surface area contributed by atoms with Gasteiger partial charge >= 0.3 is 0 Å². The molecule has 0 radical (unpaired) electrons. The molecule has 0 fully saturated rings. The second-order valence-electron chi connectivity index (χ2n) is 7.88. The fourth-order valence-corrected chi connectivity index (χ4v) is 4.09. The van der Waals surface area contributed by atoms with Crippen molar-refractivity contribution in [3.63, 3.8) is 0 Å². The summed E-state index contributed by atoms with van der Waals surface area (Å²) in [6.45, 7) is 1.12. The lowest BCUT2D eigenvalue weighted by molar-refractivity contribution is 0.602. The van der Waals surface area contributed by atoms with Gasteiger partial charge in [-0.2, -0.15) is 9.97 Å². The first-order valence-electron chi connectivity index (χ1n) is 10.6. The van der Waals surface area contributed by atoms with Crippen LogP contribution < -0.4 is 22.1 Å². The van der Waals surface area contributed by atoms with Crippen molar-refractivity contribution in [2.45, 2.75) is 18.0 Å². The summed E-state index contributed by atoms with van der Waals surface area (Å²) in [4.78, 5) is 9.04. The van der Waals surface area contributed by atoms with E-state index in [1.165, 1.54) is 6.26 Å². The van der Waals surface area contributed by atoms with Crippen LogP contribution in [0.3, 0.4) is 0 Å². The quantitative estimate of drug-likeness (QED) is 0.301. The Morgan fingerprint density at radius 2 is 1.29 bits per heavy atom. The lowest BCUT2D eigenvalue weighted by Gasteiger charge is -2.13. The van der Waals surface area contributed by atoms with Gasteiger partial charge in [0.2, 0.25) is 5.95 Å². The SMILES string of the molecule is CS(=O)(=O)c1ccc(CNc2ccc(-c3c(N)nc(NCc4ccccc4)nc3N)cc2)cc1. The molecule has 0 saturated heterocycles. The van der Waals surface area contributed by atoms with E-state index in [1.54, 1.807) is 24.3 Å². The average molecular weight is 475 g/mol. The maximum Gasteiger partial charge on any atom is 0.226 e. The average Bonchev–Trinajstić information content (AvgIpc) is 2.82. The monoisotopic (exact) mass is 474 g/mol. The molecule has 0 amide bonds. The fraction of sp³-hybridized carbons (Fsp3) is 0.120. The number of nitrogens with two attached hydrogens (primary N) is 2. The third-order valence-corrected chi connectivity index (χ3v) is 6.41. The van der Waals surface area contributed by atoms with Crippen LogP contribution in [0, 0.1) is 0 Å². The second kappa shape index (κ2) is 9.80. The van der Waals surface area contributed by atoms with Gasteiger partial charge in [-0.15, -0.1) is 0 Å². The van der Waals surface area contributed by atoms with Crippen molar-refractivity contribution in [1.29, 1.82) is 0 Å². The molecule has 9 heteroatoms. The highest BCUT2D eigenvalue weighted by Gasteiger charge is 2.13. The van der Waals surface area contributed by atoms with Crippen molar-refractivity contribution >= 4 is 33.1 Å². The zero-order valence-corrected chi connectivity index (χ0v) is 19.5. The molecule has 0 aliphatic carbocycles. The van der Waals surface area contributed by atoms with Gasteiger partial charge in [-0.3, -0.25) is 0 Å². The Kier molecular flexibility index (Phi) is 6.65. The smallest absolute Gasteiger partial charge is 0.226 e. The molecule has 4 aromatic rings. The minimum Gasteiger partial charge on any atom is -0.383 e. The second-order valence-corrected chi connectivity index (χ2v) is 9.89. The third-order valence-electron chi connectivity index (χ3n) is 5.28. The van der Waals surface area contributed by atoms with E-state index in [2.05, 4.69) is 20.6 Å². The standard InChI is InChI=1S/C25H26N6O2S/c1-34(32,33)21-13-7-18(8-14-21)15-28-20-11-9-19(10-12-20)22-23(26)30-25(31-24(22)27)29-16-17-5-3-2-4-6-17/h2-14,28H,15-16H2,1H3,(H5,26,27,29,30,31). The van der Waals surface area contributed by atoms with Gasteiger partial charge in [-0.25, -0.2) is 8.42 Å². The Balaban J connectivity index is 1.41. The van der Waals surface area contributed by atoms with E-state index in [9.17, 15) is 8.42 Å². The first-order valence-corrected chi connectivity index (χ1v) is 12.5. The lowest BCUT2D eigenvalue weighted by Crippen LogP contribution is -2.09. The van der Waals surface area contributed by atoms with Crippen molar-refractivity contribution in [3.05, 3.63) is 90.0 Å². The summed E-state index contributed by atoms with van der Waals surface area (Å²) < 4.78 is 23.2. The van der Waals surface area contributed by atoms with Crippen molar-refractivity contribution in [3.8, 4) is 11.1 Å². The molecule has 0 bridgehead atoms. The van der Waals surface area contributed by atoms with Crippen LogP contribution in [0.15, 0.2) is 83.8 Å². The molecule has 8 nitrogen and oxygen atoms in total. The van der Waals surface area contributed by atoms with E-state index >= 15 is 0 Å². The van der Waals surface area contributed by atoms with Gasteiger partial charge in [0, 0.05) is 25.0 Å². The number of anilines is 4. The minimum atomic E-state index is -3.20. The van der Waals surface area contributed by atoms with Crippen LogP contribution >= 0.6 is 0 Å². The van der Waals surface area contributed by atoms with E-state index < -0.39 is 9.84 Å². The van der Waals surface area contributed by atoms with Crippen molar-refractivity contribution in [2.24, 2.45) is 0 Å². The summed E-state index contributed by atoms with van der Waals surface area (Å²) in [6, 6.07) is 24.4. The Bertz CT molecular complexity index is 1350. The van der Waals surface area contributed by atoms with Crippen molar-refractivity contribution in [1.82, 2.24) is 9.97 Å². The minimum absolute atomic E-state index is 0.301. The number of hydrogen-bond acceptors (Lipinski definition) is 8. The molecule has 174 valence electrons. The van der Waals surface area contributed by atoms with Gasteiger partial charge in [-0.05, 0) is 41.0 Å². The van der Waals surface area contributed by atoms with Crippen LogP contribution in [0.1, 0.15) is 11.1 Å². The molecule has 1 heterocycles. The summed E-state index contributed by atoms with van der Waals surface area (Å²) in [5.74, 6) is 0.979. The zero-order chi connectivity index (χ0) is 24.1. The van der Waals surface area contributed by atoms with E-state index in [-0.39, 0.29) is 0 Å². The Hall–Kier alpha value is -4.11. The van der Waals surface area contributed by atoms with Crippen LogP contribution in [0.2, 0.25) is 0 Å². The molecule has 0 spiro atoms. The van der Waals surface area contributed by atoms with Gasteiger partial charge in [0.25, 0.3) is 0 Å². The van der Waals surface area contributed by atoms with Crippen molar-refractivity contribution < 1.29 is 8.42 Å². The lowest BCUT2D eigenvalue weighted by atomic mass is 10.1. The number of sulfone groups is 1. The first-order chi connectivity index (χ1) is 16.3. The summed E-state index contributed by atoms with van der Waals surface area (Å²) in [5, 5.41) is 6.46. The highest BCUT2D eigenvalue weighted by atomic mass is 32.2. The topological polar surface area (TPSA) is 136 Å². The predicted molar refractivity (Wildman–Crippen MR) is 137 cm³/mol. The maximum absolute atomic E-state index is 11.6. The maximum atomic E-state index is 11.6. The van der Waals surface area contributed by atoms with Crippen LogP contribution in [0.25, 0.3) is 11.1 Å². The largest absolute Gasteiger partial charge is 0.383 e. The summed E-state index contributed by atoms with van der Waals surface area (Å²) in [7, 11) is -3.20. The normalized spacial score (nSPS) is 11.2. The summed E-state index contributed by atoms with van der Waals surface area (Å²) >= 11 is 0. The molecule has 34 heavy (non-hydrogen) atoms. The molecule has 0 saturated carbocycles. The third kappa shape index (κ3) is 5.62. The fourth-order valence-electron chi connectivity index (χ4n) is 3.46. The van der Waals surface area contributed by atoms with Gasteiger partial charge in [0.15, 0.2) is 9.84 Å². The number of nitrogen functional groups attached to an aromatic ring is 2. The number of hydrogen-bond donors (Lipinski definition) is 4. The molecule has 4 rings (SSSR count). The van der Waals surface area contributed by atoms with Gasteiger partial charge < -0.3 is 22.1 Å². The zero-order valence-electron chi connectivity index (χ0n) is 18.7. The van der Waals surface area contributed by atoms with E-state index in [4.69, 9.17) is 11.5 Å². The summed E-state index contributed by atoms with van der Waals surface area (Å²) in [5.41, 5.74) is 16.8. The number of rotatable bonds is 8. The molecule has 0 atom stereocenters. The van der Waals surface area contributed by atoms with Gasteiger partial charge in [0.05, 0.1) is 10.5 Å². The molecular formula is C25H26N6O2S. The number of aromatic nitrogens is 2. The Labute approximate surface area is 199 Å². The molecule has 0 aliphatic heterocycles. The van der Waals surface area contributed by atoms with Crippen molar-refractivity contribution in [2.75, 3.05) is 28.4 Å². The Morgan fingerprint density at radius 3 is 1.88 bits per heavy atom. The number of nitrogens with zero attached hydrogens (tertiary/aromatic N) is 2.